The number of benzene rings is 2. The van der Waals surface area contributed by atoms with E-state index in [1.807, 2.05) is 32.0 Å². The van der Waals surface area contributed by atoms with Crippen LogP contribution in [0.1, 0.15) is 29.7 Å². The van der Waals surface area contributed by atoms with Crippen molar-refractivity contribution in [2.45, 2.75) is 19.9 Å². The maximum absolute atomic E-state index is 14.1. The largest absolute Gasteiger partial charge is 0.306 e. The van der Waals surface area contributed by atoms with E-state index in [2.05, 4.69) is 11.4 Å². The fourth-order valence-corrected chi connectivity index (χ4v) is 2.50. The van der Waals surface area contributed by atoms with E-state index in [0.29, 0.717) is 10.6 Å². The smallest absolute Gasteiger partial charge is 0.129 e. The van der Waals surface area contributed by atoms with Gasteiger partial charge in [0.25, 0.3) is 0 Å². The summed E-state index contributed by atoms with van der Waals surface area (Å²) in [6.45, 7) is 4.76. The van der Waals surface area contributed by atoms with Crippen molar-refractivity contribution in [1.29, 1.82) is 0 Å². The van der Waals surface area contributed by atoms with Crippen molar-refractivity contribution < 1.29 is 4.39 Å². The van der Waals surface area contributed by atoms with Gasteiger partial charge in [0.2, 0.25) is 0 Å². The summed E-state index contributed by atoms with van der Waals surface area (Å²) >= 11 is 6.17. The first-order valence-corrected chi connectivity index (χ1v) is 6.75. The Morgan fingerprint density at radius 2 is 1.95 bits per heavy atom. The molecule has 3 heteroatoms. The Balaban J connectivity index is 2.51. The zero-order valence-corrected chi connectivity index (χ0v) is 11.8. The number of hydrogen-bond donors (Lipinski definition) is 1. The second kappa shape index (κ2) is 6.18. The van der Waals surface area contributed by atoms with Gasteiger partial charge in [0.05, 0.1) is 6.04 Å². The summed E-state index contributed by atoms with van der Waals surface area (Å²) in [7, 11) is 0. The van der Waals surface area contributed by atoms with Gasteiger partial charge in [-0.25, -0.2) is 4.39 Å². The van der Waals surface area contributed by atoms with Crippen LogP contribution in [0.25, 0.3) is 0 Å². The first kappa shape index (κ1) is 14.0. The summed E-state index contributed by atoms with van der Waals surface area (Å²) in [4.78, 5) is 0. The van der Waals surface area contributed by atoms with Gasteiger partial charge in [-0.1, -0.05) is 54.4 Å². The summed E-state index contributed by atoms with van der Waals surface area (Å²) in [6, 6.07) is 12.6. The minimum absolute atomic E-state index is 0.224. The molecule has 0 saturated heterocycles. The van der Waals surface area contributed by atoms with Crippen molar-refractivity contribution in [3.63, 3.8) is 0 Å². The molecule has 0 amide bonds. The molecule has 0 bridgehead atoms. The SMILES string of the molecule is CCNC(c1cccc(C)c1)c1c(F)cccc1Cl. The normalized spacial score (nSPS) is 12.4. The van der Waals surface area contributed by atoms with Gasteiger partial charge in [-0.3, -0.25) is 0 Å². The van der Waals surface area contributed by atoms with E-state index in [-0.39, 0.29) is 11.9 Å². The number of rotatable bonds is 4. The Hall–Kier alpha value is -1.38. The lowest BCUT2D eigenvalue weighted by atomic mass is 9.96. The van der Waals surface area contributed by atoms with Gasteiger partial charge in [0.15, 0.2) is 0 Å². The summed E-state index contributed by atoms with van der Waals surface area (Å²) in [5.41, 5.74) is 2.68. The van der Waals surface area contributed by atoms with Crippen LogP contribution in [0, 0.1) is 12.7 Å². The zero-order valence-electron chi connectivity index (χ0n) is 11.1. The maximum Gasteiger partial charge on any atom is 0.129 e. The molecule has 2 aromatic rings. The fourth-order valence-electron chi connectivity index (χ4n) is 2.23. The molecule has 0 aromatic heterocycles. The van der Waals surface area contributed by atoms with E-state index in [0.717, 1.165) is 17.7 Å². The lowest BCUT2D eigenvalue weighted by Gasteiger charge is -2.21. The molecule has 0 aliphatic rings. The molecule has 0 saturated carbocycles. The first-order chi connectivity index (χ1) is 9.13. The number of halogens is 2. The van der Waals surface area contributed by atoms with Crippen molar-refractivity contribution in [2.24, 2.45) is 0 Å². The molecular formula is C16H17ClFN. The van der Waals surface area contributed by atoms with E-state index in [4.69, 9.17) is 11.6 Å². The third-order valence-corrected chi connectivity index (χ3v) is 3.40. The molecule has 2 aromatic carbocycles. The molecule has 100 valence electrons. The summed E-state index contributed by atoms with van der Waals surface area (Å²) in [6.07, 6.45) is 0. The van der Waals surface area contributed by atoms with Crippen molar-refractivity contribution >= 4 is 11.6 Å². The molecular weight excluding hydrogens is 261 g/mol. The highest BCUT2D eigenvalue weighted by Gasteiger charge is 2.19. The van der Waals surface area contributed by atoms with Crippen LogP contribution in [0.2, 0.25) is 5.02 Å². The molecule has 0 aliphatic heterocycles. The average Bonchev–Trinajstić information content (AvgIpc) is 2.37. The van der Waals surface area contributed by atoms with Gasteiger partial charge in [0, 0.05) is 10.6 Å². The Kier molecular flexibility index (Phi) is 4.56. The van der Waals surface area contributed by atoms with Crippen LogP contribution in [0.15, 0.2) is 42.5 Å². The van der Waals surface area contributed by atoms with Gasteiger partial charge in [-0.2, -0.15) is 0 Å². The molecule has 19 heavy (non-hydrogen) atoms. The van der Waals surface area contributed by atoms with E-state index < -0.39 is 0 Å². The number of hydrogen-bond acceptors (Lipinski definition) is 1. The van der Waals surface area contributed by atoms with Crippen molar-refractivity contribution in [1.82, 2.24) is 5.32 Å². The van der Waals surface area contributed by atoms with Crippen molar-refractivity contribution in [2.75, 3.05) is 6.54 Å². The van der Waals surface area contributed by atoms with Crippen LogP contribution in [0.5, 0.6) is 0 Å². The second-order valence-electron chi connectivity index (χ2n) is 4.54. The van der Waals surface area contributed by atoms with E-state index >= 15 is 0 Å². The predicted octanol–water partition coefficient (Wildman–Crippen LogP) is 4.49. The van der Waals surface area contributed by atoms with E-state index in [9.17, 15) is 4.39 Å². The second-order valence-corrected chi connectivity index (χ2v) is 4.95. The Labute approximate surface area is 118 Å². The average molecular weight is 278 g/mol. The lowest BCUT2D eigenvalue weighted by Crippen LogP contribution is -2.23. The van der Waals surface area contributed by atoms with Crippen LogP contribution in [0.3, 0.4) is 0 Å². The van der Waals surface area contributed by atoms with Gasteiger partial charge >= 0.3 is 0 Å². The predicted molar refractivity (Wildman–Crippen MR) is 78.1 cm³/mol. The van der Waals surface area contributed by atoms with Gasteiger partial charge < -0.3 is 5.32 Å². The first-order valence-electron chi connectivity index (χ1n) is 6.37. The molecule has 1 N–H and O–H groups in total. The molecule has 0 aliphatic carbocycles. The molecule has 1 nitrogen and oxygen atoms in total. The Morgan fingerprint density at radius 3 is 2.58 bits per heavy atom. The quantitative estimate of drug-likeness (QED) is 0.868. The van der Waals surface area contributed by atoms with Gasteiger partial charge in [0.1, 0.15) is 5.82 Å². The molecule has 0 fully saturated rings. The highest BCUT2D eigenvalue weighted by atomic mass is 35.5. The zero-order chi connectivity index (χ0) is 13.8. The minimum Gasteiger partial charge on any atom is -0.306 e. The van der Waals surface area contributed by atoms with Crippen molar-refractivity contribution in [3.05, 3.63) is 70.0 Å². The van der Waals surface area contributed by atoms with Crippen molar-refractivity contribution in [3.8, 4) is 0 Å². The molecule has 1 atom stereocenters. The molecule has 0 heterocycles. The van der Waals surface area contributed by atoms with Crippen LogP contribution in [0.4, 0.5) is 4.39 Å². The van der Waals surface area contributed by atoms with Gasteiger partial charge in [-0.15, -0.1) is 0 Å². The van der Waals surface area contributed by atoms with Crippen LogP contribution < -0.4 is 5.32 Å². The monoisotopic (exact) mass is 277 g/mol. The van der Waals surface area contributed by atoms with E-state index in [1.165, 1.54) is 6.07 Å². The molecule has 0 radical (unpaired) electrons. The van der Waals surface area contributed by atoms with Crippen LogP contribution >= 0.6 is 11.6 Å². The van der Waals surface area contributed by atoms with Crippen LogP contribution in [-0.2, 0) is 0 Å². The Morgan fingerprint density at radius 1 is 1.21 bits per heavy atom. The standard InChI is InChI=1S/C16H17ClFN/c1-3-19-16(12-7-4-6-11(2)10-12)15-13(17)8-5-9-14(15)18/h4-10,16,19H,3H2,1-2H3. The van der Waals surface area contributed by atoms with Crippen LogP contribution in [-0.4, -0.2) is 6.54 Å². The lowest BCUT2D eigenvalue weighted by molar-refractivity contribution is 0.559. The molecule has 2 rings (SSSR count). The maximum atomic E-state index is 14.1. The topological polar surface area (TPSA) is 12.0 Å². The summed E-state index contributed by atoms with van der Waals surface area (Å²) < 4.78 is 14.1. The summed E-state index contributed by atoms with van der Waals surface area (Å²) in [5, 5.41) is 3.75. The third-order valence-electron chi connectivity index (χ3n) is 3.07. The fraction of sp³-hybridized carbons (Fsp3) is 0.250. The highest BCUT2D eigenvalue weighted by Crippen LogP contribution is 2.30. The number of aryl methyl sites for hydroxylation is 1. The van der Waals surface area contributed by atoms with E-state index in [1.54, 1.807) is 12.1 Å². The minimum atomic E-state index is -0.278. The third kappa shape index (κ3) is 3.14. The highest BCUT2D eigenvalue weighted by molar-refractivity contribution is 6.31. The van der Waals surface area contributed by atoms with Gasteiger partial charge in [-0.05, 0) is 31.2 Å². The molecule has 0 spiro atoms. The number of nitrogens with one attached hydrogen (secondary N) is 1. The summed E-state index contributed by atoms with van der Waals surface area (Å²) in [5.74, 6) is -0.278. The Bertz CT molecular complexity index is 548. The molecule has 1 unspecified atom stereocenters.